The Bertz CT molecular complexity index is 964. The highest BCUT2D eigenvalue weighted by Gasteiger charge is 2.04. The van der Waals surface area contributed by atoms with Crippen LogP contribution in [0.4, 0.5) is 0 Å². The van der Waals surface area contributed by atoms with Crippen molar-refractivity contribution >= 4 is 23.3 Å². The molecule has 0 aliphatic carbocycles. The Balaban J connectivity index is 1.46. The van der Waals surface area contributed by atoms with Crippen LogP contribution < -0.4 is 10.1 Å². The molecule has 3 rings (SSSR count). The van der Waals surface area contributed by atoms with E-state index >= 15 is 0 Å². The SMILES string of the molecule is Cc1nc(COc2ccccc2/C=C/C(=O)NCCCc2ccc(O)cc2)cs1. The second-order valence-electron chi connectivity index (χ2n) is 6.58. The van der Waals surface area contributed by atoms with Gasteiger partial charge in [-0.2, -0.15) is 0 Å². The molecule has 0 unspecified atom stereocenters. The number of carbonyl (C=O) groups is 1. The topological polar surface area (TPSA) is 71.5 Å². The van der Waals surface area contributed by atoms with E-state index in [2.05, 4.69) is 10.3 Å². The predicted octanol–water partition coefficient (Wildman–Crippen LogP) is 4.50. The summed E-state index contributed by atoms with van der Waals surface area (Å²) in [6.07, 6.45) is 4.96. The number of amides is 1. The molecule has 0 bridgehead atoms. The number of hydrogen-bond acceptors (Lipinski definition) is 5. The third kappa shape index (κ3) is 6.76. The summed E-state index contributed by atoms with van der Waals surface area (Å²) in [5, 5.41) is 15.2. The molecule has 3 aromatic rings. The number of phenolic OH excluding ortho intramolecular Hbond substituents is 1. The molecule has 2 aromatic carbocycles. The van der Waals surface area contributed by atoms with Gasteiger partial charge in [-0.15, -0.1) is 11.3 Å². The molecule has 6 heteroatoms. The highest BCUT2D eigenvalue weighted by Crippen LogP contribution is 2.21. The van der Waals surface area contributed by atoms with E-state index in [9.17, 15) is 9.90 Å². The maximum atomic E-state index is 12.1. The molecule has 0 aliphatic heterocycles. The van der Waals surface area contributed by atoms with E-state index in [4.69, 9.17) is 4.74 Å². The molecule has 0 spiro atoms. The Labute approximate surface area is 174 Å². The van der Waals surface area contributed by atoms with Gasteiger partial charge in [0.05, 0.1) is 10.7 Å². The summed E-state index contributed by atoms with van der Waals surface area (Å²) in [5.74, 6) is 0.841. The van der Waals surface area contributed by atoms with Gasteiger partial charge in [0.2, 0.25) is 5.91 Å². The first-order valence-corrected chi connectivity index (χ1v) is 10.3. The number of benzene rings is 2. The van der Waals surface area contributed by atoms with Crippen molar-refractivity contribution in [2.45, 2.75) is 26.4 Å². The molecule has 0 radical (unpaired) electrons. The van der Waals surface area contributed by atoms with Gasteiger partial charge in [-0.1, -0.05) is 30.3 Å². The van der Waals surface area contributed by atoms with Crippen LogP contribution in [0.15, 0.2) is 60.0 Å². The van der Waals surface area contributed by atoms with E-state index in [0.717, 1.165) is 40.4 Å². The molecule has 29 heavy (non-hydrogen) atoms. The number of nitrogens with one attached hydrogen (secondary N) is 1. The molecule has 1 amide bonds. The lowest BCUT2D eigenvalue weighted by Gasteiger charge is -2.08. The number of para-hydroxylation sites is 1. The Kier molecular flexibility index (Phi) is 7.41. The molecule has 5 nitrogen and oxygen atoms in total. The number of carbonyl (C=O) groups excluding carboxylic acids is 1. The lowest BCUT2D eigenvalue weighted by Crippen LogP contribution is -2.22. The van der Waals surface area contributed by atoms with Gasteiger partial charge in [-0.05, 0) is 49.6 Å². The zero-order valence-electron chi connectivity index (χ0n) is 16.3. The van der Waals surface area contributed by atoms with Crippen molar-refractivity contribution in [2.24, 2.45) is 0 Å². The molecule has 0 aliphatic rings. The van der Waals surface area contributed by atoms with Crippen LogP contribution in [0.25, 0.3) is 6.08 Å². The molecular weight excluding hydrogens is 384 g/mol. The molecule has 0 saturated carbocycles. The van der Waals surface area contributed by atoms with Crippen LogP contribution in [0.3, 0.4) is 0 Å². The second-order valence-corrected chi connectivity index (χ2v) is 7.64. The number of thiazole rings is 1. The van der Waals surface area contributed by atoms with Crippen LogP contribution in [0.2, 0.25) is 0 Å². The Morgan fingerprint density at radius 1 is 1.21 bits per heavy atom. The fourth-order valence-electron chi connectivity index (χ4n) is 2.77. The summed E-state index contributed by atoms with van der Waals surface area (Å²) in [6.45, 7) is 2.96. The number of aromatic hydroxyl groups is 1. The minimum absolute atomic E-state index is 0.138. The largest absolute Gasteiger partial charge is 0.508 e. The Morgan fingerprint density at radius 3 is 2.76 bits per heavy atom. The molecule has 2 N–H and O–H groups in total. The lowest BCUT2D eigenvalue weighted by atomic mass is 10.1. The van der Waals surface area contributed by atoms with Gasteiger partial charge >= 0.3 is 0 Å². The monoisotopic (exact) mass is 408 g/mol. The number of nitrogens with zero attached hydrogens (tertiary/aromatic N) is 1. The van der Waals surface area contributed by atoms with Gasteiger partial charge < -0.3 is 15.2 Å². The van der Waals surface area contributed by atoms with Crippen molar-refractivity contribution < 1.29 is 14.6 Å². The number of ether oxygens (including phenoxy) is 1. The van der Waals surface area contributed by atoms with Gasteiger partial charge in [0.15, 0.2) is 0 Å². The molecule has 1 heterocycles. The predicted molar refractivity (Wildman–Crippen MR) is 116 cm³/mol. The Hall–Kier alpha value is -3.12. The molecule has 150 valence electrons. The molecule has 0 saturated heterocycles. The van der Waals surface area contributed by atoms with E-state index in [0.29, 0.717) is 13.2 Å². The van der Waals surface area contributed by atoms with Crippen molar-refractivity contribution in [3.8, 4) is 11.5 Å². The summed E-state index contributed by atoms with van der Waals surface area (Å²) in [6, 6.07) is 14.7. The van der Waals surface area contributed by atoms with Crippen LogP contribution in [-0.4, -0.2) is 22.5 Å². The van der Waals surface area contributed by atoms with Gasteiger partial charge in [0.1, 0.15) is 18.1 Å². The minimum Gasteiger partial charge on any atom is -0.508 e. The third-order valence-electron chi connectivity index (χ3n) is 4.25. The maximum Gasteiger partial charge on any atom is 0.244 e. The van der Waals surface area contributed by atoms with Gasteiger partial charge in [-0.25, -0.2) is 4.98 Å². The first kappa shape index (κ1) is 20.6. The third-order valence-corrected chi connectivity index (χ3v) is 5.08. The van der Waals surface area contributed by atoms with E-state index < -0.39 is 0 Å². The first-order valence-electron chi connectivity index (χ1n) is 9.47. The van der Waals surface area contributed by atoms with Gasteiger partial charge in [0, 0.05) is 23.6 Å². The number of aromatic nitrogens is 1. The summed E-state index contributed by atoms with van der Waals surface area (Å²) in [7, 11) is 0. The normalized spacial score (nSPS) is 10.9. The molecule has 0 atom stereocenters. The Morgan fingerprint density at radius 2 is 2.00 bits per heavy atom. The number of phenols is 1. The van der Waals surface area contributed by atoms with Crippen molar-refractivity contribution in [1.29, 1.82) is 0 Å². The zero-order valence-corrected chi connectivity index (χ0v) is 17.1. The smallest absolute Gasteiger partial charge is 0.244 e. The first-order chi connectivity index (χ1) is 14.1. The van der Waals surface area contributed by atoms with E-state index in [1.165, 1.54) is 6.08 Å². The second kappa shape index (κ2) is 10.4. The van der Waals surface area contributed by atoms with Crippen LogP contribution in [0, 0.1) is 6.92 Å². The van der Waals surface area contributed by atoms with Crippen molar-refractivity contribution in [2.75, 3.05) is 6.54 Å². The summed E-state index contributed by atoms with van der Waals surface area (Å²) in [4.78, 5) is 16.5. The average molecular weight is 409 g/mol. The van der Waals surface area contributed by atoms with Crippen LogP contribution >= 0.6 is 11.3 Å². The molecule has 1 aromatic heterocycles. The van der Waals surface area contributed by atoms with Crippen LogP contribution in [0.5, 0.6) is 11.5 Å². The number of aryl methyl sites for hydroxylation is 2. The van der Waals surface area contributed by atoms with Crippen LogP contribution in [-0.2, 0) is 17.8 Å². The minimum atomic E-state index is -0.138. The highest BCUT2D eigenvalue weighted by molar-refractivity contribution is 7.09. The molecule has 0 fully saturated rings. The van der Waals surface area contributed by atoms with Crippen molar-refractivity contribution in [3.05, 3.63) is 81.8 Å². The van der Waals surface area contributed by atoms with E-state index in [1.54, 1.807) is 29.5 Å². The summed E-state index contributed by atoms with van der Waals surface area (Å²) >= 11 is 1.60. The van der Waals surface area contributed by atoms with E-state index in [1.807, 2.05) is 48.7 Å². The van der Waals surface area contributed by atoms with Crippen molar-refractivity contribution in [3.63, 3.8) is 0 Å². The fraction of sp³-hybridized carbons (Fsp3) is 0.217. The zero-order chi connectivity index (χ0) is 20.5. The highest BCUT2D eigenvalue weighted by atomic mass is 32.1. The van der Waals surface area contributed by atoms with Gasteiger partial charge in [-0.3, -0.25) is 4.79 Å². The lowest BCUT2D eigenvalue weighted by molar-refractivity contribution is -0.116. The quantitative estimate of drug-likeness (QED) is 0.404. The standard InChI is InChI=1S/C23H24N2O3S/c1-17-25-20(16-29-17)15-28-22-7-3-2-6-19(22)10-13-23(27)24-14-4-5-18-8-11-21(26)12-9-18/h2-3,6-13,16,26H,4-5,14-15H2,1H3,(H,24,27)/b13-10+. The van der Waals surface area contributed by atoms with Crippen LogP contribution in [0.1, 0.15) is 28.2 Å². The maximum absolute atomic E-state index is 12.1. The van der Waals surface area contributed by atoms with Gasteiger partial charge in [0.25, 0.3) is 0 Å². The number of rotatable bonds is 9. The number of hydrogen-bond donors (Lipinski definition) is 2. The van der Waals surface area contributed by atoms with E-state index in [-0.39, 0.29) is 11.7 Å². The summed E-state index contributed by atoms with van der Waals surface area (Å²) < 4.78 is 5.87. The average Bonchev–Trinajstić information content (AvgIpc) is 3.15. The molecular formula is C23H24N2O3S. The summed E-state index contributed by atoms with van der Waals surface area (Å²) in [5.41, 5.74) is 2.88. The fourth-order valence-corrected chi connectivity index (χ4v) is 3.36. The van der Waals surface area contributed by atoms with Crippen molar-refractivity contribution in [1.82, 2.24) is 10.3 Å².